The molecule has 0 atom stereocenters. The van der Waals surface area contributed by atoms with Crippen LogP contribution in [0.15, 0.2) is 113 Å². The third-order valence-corrected chi connectivity index (χ3v) is 8.65. The van der Waals surface area contributed by atoms with Crippen molar-refractivity contribution in [1.82, 2.24) is 10.3 Å². The van der Waals surface area contributed by atoms with Gasteiger partial charge in [0.2, 0.25) is 5.91 Å². The SMILES string of the molecule is COc1cccc(/C=C(\NC(=O)c2ccccc2)C(=O)Nc2cccc(SCC(=O)Nc3nc(-c4ccc(Cl)cc4Cl)cs3)c2)c1. The van der Waals surface area contributed by atoms with Gasteiger partial charge in [0.15, 0.2) is 5.13 Å². The highest BCUT2D eigenvalue weighted by Crippen LogP contribution is 2.32. The van der Waals surface area contributed by atoms with Crippen LogP contribution < -0.4 is 20.7 Å². The molecule has 3 amide bonds. The third kappa shape index (κ3) is 8.98. The molecule has 0 saturated heterocycles. The molecule has 0 spiro atoms. The van der Waals surface area contributed by atoms with Gasteiger partial charge >= 0.3 is 0 Å². The lowest BCUT2D eigenvalue weighted by atomic mass is 10.1. The minimum Gasteiger partial charge on any atom is -0.497 e. The Balaban J connectivity index is 1.23. The molecule has 8 nitrogen and oxygen atoms in total. The minimum atomic E-state index is -0.521. The van der Waals surface area contributed by atoms with Crippen LogP contribution in [0.1, 0.15) is 15.9 Å². The van der Waals surface area contributed by atoms with E-state index in [2.05, 4.69) is 20.9 Å². The Bertz CT molecular complexity index is 1910. The van der Waals surface area contributed by atoms with Crippen LogP contribution in [0.25, 0.3) is 17.3 Å². The molecule has 12 heteroatoms. The second-order valence-corrected chi connectivity index (χ2v) is 12.4. The molecule has 5 aromatic rings. The van der Waals surface area contributed by atoms with Gasteiger partial charge in [0.05, 0.1) is 23.6 Å². The van der Waals surface area contributed by atoms with Crippen LogP contribution in [0.5, 0.6) is 5.75 Å². The Morgan fingerprint density at radius 2 is 1.72 bits per heavy atom. The highest BCUT2D eigenvalue weighted by molar-refractivity contribution is 8.00. The van der Waals surface area contributed by atoms with Gasteiger partial charge in [0.1, 0.15) is 11.4 Å². The van der Waals surface area contributed by atoms with Gasteiger partial charge in [0.25, 0.3) is 11.8 Å². The van der Waals surface area contributed by atoms with E-state index in [1.807, 2.05) is 11.4 Å². The van der Waals surface area contributed by atoms with Crippen LogP contribution in [0, 0.1) is 0 Å². The van der Waals surface area contributed by atoms with Gasteiger partial charge in [-0.2, -0.15) is 0 Å². The summed E-state index contributed by atoms with van der Waals surface area (Å²) in [6.07, 6.45) is 1.58. The van der Waals surface area contributed by atoms with Crippen molar-refractivity contribution in [3.05, 3.63) is 129 Å². The van der Waals surface area contributed by atoms with Crippen molar-refractivity contribution >= 4 is 80.9 Å². The standard InChI is InChI=1S/C34H26Cl2N4O4S2/c1-44-25-11-5-7-21(15-25)16-29(38-32(42)22-8-3-2-4-9-22)33(43)37-24-10-6-12-26(18-24)45-20-31(41)40-34-39-30(19-46-34)27-14-13-23(35)17-28(27)36/h2-19H,20H2,1H3,(H,37,43)(H,38,42)(H,39,40,41)/b29-16-. The largest absolute Gasteiger partial charge is 0.497 e. The molecule has 0 bridgehead atoms. The Morgan fingerprint density at radius 3 is 2.50 bits per heavy atom. The number of carbonyl (C=O) groups excluding carboxylic acids is 3. The van der Waals surface area contributed by atoms with E-state index in [0.717, 1.165) is 10.5 Å². The molecule has 4 aromatic carbocycles. The molecule has 3 N–H and O–H groups in total. The summed E-state index contributed by atoms with van der Waals surface area (Å²) in [5, 5.41) is 11.6. The van der Waals surface area contributed by atoms with Crippen LogP contribution in [0.3, 0.4) is 0 Å². The maximum absolute atomic E-state index is 13.4. The van der Waals surface area contributed by atoms with Crippen molar-refractivity contribution in [3.8, 4) is 17.0 Å². The first kappa shape index (κ1) is 32.8. The average molecular weight is 690 g/mol. The lowest BCUT2D eigenvalue weighted by Gasteiger charge is -2.12. The lowest BCUT2D eigenvalue weighted by molar-refractivity contribution is -0.114. The molecule has 1 heterocycles. The Morgan fingerprint density at radius 1 is 0.913 bits per heavy atom. The number of rotatable bonds is 11. The second-order valence-electron chi connectivity index (χ2n) is 9.64. The number of amides is 3. The molecule has 0 aliphatic heterocycles. The van der Waals surface area contributed by atoms with Crippen molar-refractivity contribution in [2.75, 3.05) is 23.5 Å². The molecule has 0 saturated carbocycles. The van der Waals surface area contributed by atoms with E-state index < -0.39 is 11.8 Å². The molecule has 0 aliphatic rings. The Kier molecular flexibility index (Phi) is 11.1. The predicted octanol–water partition coefficient (Wildman–Crippen LogP) is 8.27. The Hall–Kier alpha value is -4.61. The topological polar surface area (TPSA) is 109 Å². The van der Waals surface area contributed by atoms with E-state index in [9.17, 15) is 14.4 Å². The number of halogens is 2. The number of benzene rings is 4. The first-order valence-corrected chi connectivity index (χ1v) is 16.4. The van der Waals surface area contributed by atoms with Gasteiger partial charge in [-0.05, 0) is 72.3 Å². The number of carbonyl (C=O) groups is 3. The number of hydrogen-bond donors (Lipinski definition) is 3. The smallest absolute Gasteiger partial charge is 0.272 e. The zero-order valence-corrected chi connectivity index (χ0v) is 27.4. The molecule has 46 heavy (non-hydrogen) atoms. The van der Waals surface area contributed by atoms with E-state index in [-0.39, 0.29) is 17.4 Å². The van der Waals surface area contributed by atoms with E-state index >= 15 is 0 Å². The van der Waals surface area contributed by atoms with Gasteiger partial charge in [-0.3, -0.25) is 14.4 Å². The number of anilines is 2. The van der Waals surface area contributed by atoms with E-state index in [1.54, 1.807) is 104 Å². The summed E-state index contributed by atoms with van der Waals surface area (Å²) in [5.41, 5.74) is 2.96. The summed E-state index contributed by atoms with van der Waals surface area (Å²) in [7, 11) is 1.55. The number of ether oxygens (including phenoxy) is 1. The Labute approximate surface area is 283 Å². The van der Waals surface area contributed by atoms with Gasteiger partial charge in [-0.25, -0.2) is 4.98 Å². The molecule has 0 radical (unpaired) electrons. The molecule has 0 aliphatic carbocycles. The second kappa shape index (κ2) is 15.6. The maximum atomic E-state index is 13.4. The predicted molar refractivity (Wildman–Crippen MR) is 187 cm³/mol. The van der Waals surface area contributed by atoms with Gasteiger partial charge in [0, 0.05) is 32.1 Å². The van der Waals surface area contributed by atoms with Gasteiger partial charge in [-0.1, -0.05) is 59.6 Å². The summed E-state index contributed by atoms with van der Waals surface area (Å²) in [4.78, 5) is 44.3. The molecule has 1 aromatic heterocycles. The summed E-state index contributed by atoms with van der Waals surface area (Å²) in [5.74, 6) is -0.467. The molecule has 232 valence electrons. The number of aromatic nitrogens is 1. The van der Waals surface area contributed by atoms with Crippen LogP contribution in [0.2, 0.25) is 10.0 Å². The van der Waals surface area contributed by atoms with Crippen LogP contribution in [0.4, 0.5) is 10.8 Å². The minimum absolute atomic E-state index is 0.0437. The molecule has 0 unspecified atom stereocenters. The zero-order chi connectivity index (χ0) is 32.5. The third-order valence-electron chi connectivity index (χ3n) is 6.35. The molecule has 0 fully saturated rings. The van der Waals surface area contributed by atoms with Crippen molar-refractivity contribution in [2.45, 2.75) is 4.90 Å². The van der Waals surface area contributed by atoms with Crippen molar-refractivity contribution in [3.63, 3.8) is 0 Å². The van der Waals surface area contributed by atoms with Crippen LogP contribution in [-0.2, 0) is 9.59 Å². The van der Waals surface area contributed by atoms with Crippen molar-refractivity contribution < 1.29 is 19.1 Å². The van der Waals surface area contributed by atoms with E-state index in [1.165, 1.54) is 23.1 Å². The van der Waals surface area contributed by atoms with E-state index in [0.29, 0.717) is 43.4 Å². The quantitative estimate of drug-likeness (QED) is 0.0952. The fourth-order valence-electron chi connectivity index (χ4n) is 4.16. The number of methoxy groups -OCH3 is 1. The molecular formula is C34H26Cl2N4O4S2. The number of thioether (sulfide) groups is 1. The van der Waals surface area contributed by atoms with Gasteiger partial charge in [-0.15, -0.1) is 23.1 Å². The zero-order valence-electron chi connectivity index (χ0n) is 24.3. The highest BCUT2D eigenvalue weighted by Gasteiger charge is 2.16. The van der Waals surface area contributed by atoms with Crippen molar-refractivity contribution in [2.24, 2.45) is 0 Å². The first-order valence-electron chi connectivity index (χ1n) is 13.7. The molecular weight excluding hydrogens is 663 g/mol. The fourth-order valence-corrected chi connectivity index (χ4v) is 6.15. The monoisotopic (exact) mass is 688 g/mol. The van der Waals surface area contributed by atoms with Crippen molar-refractivity contribution in [1.29, 1.82) is 0 Å². The number of hydrogen-bond acceptors (Lipinski definition) is 7. The number of thiazole rings is 1. The summed E-state index contributed by atoms with van der Waals surface area (Å²) >= 11 is 14.9. The lowest BCUT2D eigenvalue weighted by Crippen LogP contribution is -2.30. The normalized spacial score (nSPS) is 11.1. The maximum Gasteiger partial charge on any atom is 0.272 e. The van der Waals surface area contributed by atoms with Crippen LogP contribution >= 0.6 is 46.3 Å². The number of nitrogens with one attached hydrogen (secondary N) is 3. The average Bonchev–Trinajstić information content (AvgIpc) is 3.52. The molecule has 5 rings (SSSR count). The first-order chi connectivity index (χ1) is 22.3. The fraction of sp³-hybridized carbons (Fsp3) is 0.0588. The highest BCUT2D eigenvalue weighted by atomic mass is 35.5. The number of nitrogens with zero attached hydrogens (tertiary/aromatic N) is 1. The summed E-state index contributed by atoms with van der Waals surface area (Å²) in [6.45, 7) is 0. The van der Waals surface area contributed by atoms with Crippen LogP contribution in [-0.4, -0.2) is 35.6 Å². The summed E-state index contributed by atoms with van der Waals surface area (Å²) < 4.78 is 5.30. The van der Waals surface area contributed by atoms with Gasteiger partial charge < -0.3 is 20.7 Å². The van der Waals surface area contributed by atoms with E-state index in [4.69, 9.17) is 27.9 Å². The summed E-state index contributed by atoms with van der Waals surface area (Å²) in [6, 6.07) is 28.0.